The average molecular weight is 276 g/mol. The Balaban J connectivity index is 1.88. The maximum Gasteiger partial charge on any atom is 0.0705 e. The summed E-state index contributed by atoms with van der Waals surface area (Å²) >= 11 is 0. The first-order valence-corrected chi connectivity index (χ1v) is 7.37. The van der Waals surface area contributed by atoms with Crippen molar-refractivity contribution in [2.45, 2.75) is 19.3 Å². The van der Waals surface area contributed by atoms with Crippen LogP contribution in [-0.2, 0) is 6.42 Å². The van der Waals surface area contributed by atoms with Gasteiger partial charge >= 0.3 is 0 Å². The number of hydrogen-bond donors (Lipinski definition) is 1. The molecule has 1 aromatic heterocycles. The van der Waals surface area contributed by atoms with Crippen molar-refractivity contribution in [3.63, 3.8) is 0 Å². The smallest absolute Gasteiger partial charge is 0.0705 e. The van der Waals surface area contributed by atoms with Gasteiger partial charge in [0.15, 0.2) is 0 Å². The molecule has 0 aliphatic rings. The zero-order valence-corrected chi connectivity index (χ0v) is 12.3. The molecule has 21 heavy (non-hydrogen) atoms. The first-order chi connectivity index (χ1) is 10.3. The Bertz CT molecular complexity index is 735. The highest BCUT2D eigenvalue weighted by atomic mass is 14.7. The van der Waals surface area contributed by atoms with Crippen LogP contribution < -0.4 is 5.73 Å². The molecule has 106 valence electrons. The number of fused-ring (bicyclic) bond motifs is 1. The van der Waals surface area contributed by atoms with E-state index in [2.05, 4.69) is 59.6 Å². The lowest BCUT2D eigenvalue weighted by Crippen LogP contribution is -2.14. The van der Waals surface area contributed by atoms with Crippen LogP contribution in [0.5, 0.6) is 0 Å². The fourth-order valence-corrected chi connectivity index (χ4v) is 2.75. The quantitative estimate of drug-likeness (QED) is 0.786. The topological polar surface area (TPSA) is 38.9 Å². The highest BCUT2D eigenvalue weighted by Crippen LogP contribution is 2.22. The molecule has 0 aliphatic carbocycles. The summed E-state index contributed by atoms with van der Waals surface area (Å²) in [6, 6.07) is 21.2. The molecule has 2 nitrogen and oxygen atoms in total. The lowest BCUT2D eigenvalue weighted by molar-refractivity contribution is 0.695. The maximum atomic E-state index is 5.97. The van der Waals surface area contributed by atoms with Crippen LogP contribution in [0.25, 0.3) is 10.9 Å². The van der Waals surface area contributed by atoms with Gasteiger partial charge in [-0.3, -0.25) is 4.98 Å². The normalized spacial score (nSPS) is 12.5. The molecule has 0 saturated carbocycles. The van der Waals surface area contributed by atoms with Crippen molar-refractivity contribution in [3.8, 4) is 0 Å². The minimum Gasteiger partial charge on any atom is -0.330 e. The Morgan fingerprint density at radius 3 is 2.57 bits per heavy atom. The van der Waals surface area contributed by atoms with Gasteiger partial charge in [-0.1, -0.05) is 42.5 Å². The highest BCUT2D eigenvalue weighted by Gasteiger charge is 2.10. The Labute approximate surface area is 125 Å². The maximum absolute atomic E-state index is 5.97. The molecule has 2 N–H and O–H groups in total. The molecule has 0 radical (unpaired) electrons. The fourth-order valence-electron chi connectivity index (χ4n) is 2.75. The van der Waals surface area contributed by atoms with Crippen molar-refractivity contribution in [3.05, 3.63) is 77.5 Å². The predicted octanol–water partition coefficient (Wildman–Crippen LogP) is 3.83. The number of pyridine rings is 1. The predicted molar refractivity (Wildman–Crippen MR) is 88.4 cm³/mol. The molecule has 0 aliphatic heterocycles. The fraction of sp³-hybridized carbons (Fsp3) is 0.211. The molecule has 1 unspecified atom stereocenters. The molecule has 0 saturated heterocycles. The van der Waals surface area contributed by atoms with Gasteiger partial charge in [-0.2, -0.15) is 0 Å². The minimum absolute atomic E-state index is 0.363. The summed E-state index contributed by atoms with van der Waals surface area (Å²) in [5.41, 5.74) is 10.7. The third-order valence-corrected chi connectivity index (χ3v) is 3.93. The SMILES string of the molecule is Cc1ccc2cc(CC(CN)c3ccccc3)ccc2n1. The Hall–Kier alpha value is -2.19. The molecule has 3 aromatic rings. The highest BCUT2D eigenvalue weighted by molar-refractivity contribution is 5.79. The van der Waals surface area contributed by atoms with Crippen LogP contribution in [0, 0.1) is 6.92 Å². The molecule has 0 fully saturated rings. The van der Waals surface area contributed by atoms with Crippen molar-refractivity contribution in [1.29, 1.82) is 0 Å². The van der Waals surface area contributed by atoms with Crippen LogP contribution in [0.3, 0.4) is 0 Å². The van der Waals surface area contributed by atoms with Gasteiger partial charge in [-0.05, 0) is 49.2 Å². The number of hydrogen-bond acceptors (Lipinski definition) is 2. The van der Waals surface area contributed by atoms with Crippen molar-refractivity contribution < 1.29 is 0 Å². The standard InChI is InChI=1S/C19H20N2/c1-14-7-9-17-11-15(8-10-19(17)21-14)12-18(13-20)16-5-3-2-4-6-16/h2-11,18H,12-13,20H2,1H3. The first kappa shape index (κ1) is 13.8. The molecular formula is C19H20N2. The lowest BCUT2D eigenvalue weighted by Gasteiger charge is -2.15. The van der Waals surface area contributed by atoms with E-state index in [1.54, 1.807) is 0 Å². The Morgan fingerprint density at radius 2 is 1.81 bits per heavy atom. The summed E-state index contributed by atoms with van der Waals surface area (Å²) in [6.07, 6.45) is 0.963. The monoisotopic (exact) mass is 276 g/mol. The number of benzene rings is 2. The number of aromatic nitrogens is 1. The van der Waals surface area contributed by atoms with Crippen LogP contribution in [0.15, 0.2) is 60.7 Å². The minimum atomic E-state index is 0.363. The van der Waals surface area contributed by atoms with E-state index in [1.807, 2.05) is 13.0 Å². The van der Waals surface area contributed by atoms with E-state index in [0.717, 1.165) is 17.6 Å². The summed E-state index contributed by atoms with van der Waals surface area (Å²) < 4.78 is 0. The van der Waals surface area contributed by atoms with E-state index in [4.69, 9.17) is 5.73 Å². The van der Waals surface area contributed by atoms with Gasteiger partial charge < -0.3 is 5.73 Å². The number of nitrogens with two attached hydrogens (primary N) is 1. The van der Waals surface area contributed by atoms with Crippen LogP contribution in [0.4, 0.5) is 0 Å². The van der Waals surface area contributed by atoms with Gasteiger partial charge in [-0.25, -0.2) is 0 Å². The summed E-state index contributed by atoms with van der Waals surface area (Å²) in [5, 5.41) is 1.20. The van der Waals surface area contributed by atoms with Crippen LogP contribution >= 0.6 is 0 Å². The van der Waals surface area contributed by atoms with E-state index >= 15 is 0 Å². The van der Waals surface area contributed by atoms with Crippen molar-refractivity contribution in [2.24, 2.45) is 5.73 Å². The van der Waals surface area contributed by atoms with Crippen molar-refractivity contribution in [1.82, 2.24) is 4.98 Å². The van der Waals surface area contributed by atoms with Crippen molar-refractivity contribution in [2.75, 3.05) is 6.54 Å². The van der Waals surface area contributed by atoms with E-state index < -0.39 is 0 Å². The Morgan fingerprint density at radius 1 is 1.00 bits per heavy atom. The molecule has 0 spiro atoms. The van der Waals surface area contributed by atoms with E-state index in [9.17, 15) is 0 Å². The molecule has 1 atom stereocenters. The van der Waals surface area contributed by atoms with Gasteiger partial charge in [0.25, 0.3) is 0 Å². The van der Waals surface area contributed by atoms with E-state index in [1.165, 1.54) is 16.5 Å². The van der Waals surface area contributed by atoms with E-state index in [-0.39, 0.29) is 0 Å². The summed E-state index contributed by atoms with van der Waals surface area (Å²) in [6.45, 7) is 2.68. The molecule has 0 amide bonds. The largest absolute Gasteiger partial charge is 0.330 e. The molecule has 1 heterocycles. The zero-order valence-electron chi connectivity index (χ0n) is 12.3. The van der Waals surface area contributed by atoms with Gasteiger partial charge in [0, 0.05) is 17.0 Å². The summed E-state index contributed by atoms with van der Waals surface area (Å²) in [5.74, 6) is 0.363. The molecular weight excluding hydrogens is 256 g/mol. The number of nitrogens with zero attached hydrogens (tertiary/aromatic N) is 1. The van der Waals surface area contributed by atoms with E-state index in [0.29, 0.717) is 12.5 Å². The second-order valence-corrected chi connectivity index (χ2v) is 5.53. The third-order valence-electron chi connectivity index (χ3n) is 3.93. The number of aryl methyl sites for hydroxylation is 1. The third kappa shape index (κ3) is 3.11. The van der Waals surface area contributed by atoms with Crippen molar-refractivity contribution >= 4 is 10.9 Å². The van der Waals surface area contributed by atoms with Gasteiger partial charge in [0.05, 0.1) is 5.52 Å². The first-order valence-electron chi connectivity index (χ1n) is 7.37. The van der Waals surface area contributed by atoms with Crippen LogP contribution in [-0.4, -0.2) is 11.5 Å². The number of rotatable bonds is 4. The van der Waals surface area contributed by atoms with Gasteiger partial charge in [0.2, 0.25) is 0 Å². The van der Waals surface area contributed by atoms with Gasteiger partial charge in [-0.15, -0.1) is 0 Å². The second kappa shape index (κ2) is 6.06. The Kier molecular flexibility index (Phi) is 3.98. The average Bonchev–Trinajstić information content (AvgIpc) is 2.53. The van der Waals surface area contributed by atoms with Crippen LogP contribution in [0.1, 0.15) is 22.7 Å². The van der Waals surface area contributed by atoms with Crippen LogP contribution in [0.2, 0.25) is 0 Å². The second-order valence-electron chi connectivity index (χ2n) is 5.53. The van der Waals surface area contributed by atoms with Gasteiger partial charge in [0.1, 0.15) is 0 Å². The lowest BCUT2D eigenvalue weighted by atomic mass is 9.91. The molecule has 2 aromatic carbocycles. The zero-order chi connectivity index (χ0) is 14.7. The summed E-state index contributed by atoms with van der Waals surface area (Å²) in [4.78, 5) is 4.55. The molecule has 0 bridgehead atoms. The molecule has 3 rings (SSSR count). The molecule has 2 heteroatoms. The summed E-state index contributed by atoms with van der Waals surface area (Å²) in [7, 11) is 0.